The van der Waals surface area contributed by atoms with Gasteiger partial charge in [0.2, 0.25) is 5.91 Å². The van der Waals surface area contributed by atoms with Gasteiger partial charge < -0.3 is 16.0 Å². The summed E-state index contributed by atoms with van der Waals surface area (Å²) in [4.78, 5) is 18.3. The monoisotopic (exact) mass is 460 g/mol. The summed E-state index contributed by atoms with van der Waals surface area (Å²) in [6.07, 6.45) is -4.60. The molecule has 174 valence electrons. The van der Waals surface area contributed by atoms with Gasteiger partial charge in [0, 0.05) is 31.9 Å². The summed E-state index contributed by atoms with van der Waals surface area (Å²) in [5.41, 5.74) is 6.79. The van der Waals surface area contributed by atoms with Gasteiger partial charge in [-0.05, 0) is 48.4 Å². The van der Waals surface area contributed by atoms with Crippen molar-refractivity contribution in [2.24, 2.45) is 0 Å². The third-order valence-electron chi connectivity index (χ3n) is 5.30. The Hall–Kier alpha value is -3.62. The number of amides is 1. The average molecular weight is 460 g/mol. The molecule has 0 fully saturated rings. The zero-order chi connectivity index (χ0) is 24.3. The number of anilines is 2. The fraction of sp³-hybridized carbons (Fsp3) is 0.250. The Morgan fingerprint density at radius 1 is 1.09 bits per heavy atom. The summed E-state index contributed by atoms with van der Waals surface area (Å²) >= 11 is 0. The summed E-state index contributed by atoms with van der Waals surface area (Å²) in [5.74, 6) is -1.72. The molecule has 0 saturated carbocycles. The van der Waals surface area contributed by atoms with Gasteiger partial charge in [0.15, 0.2) is 0 Å². The molecule has 9 heteroatoms. The SMILES string of the molecule is CC(C(=O)NCc1ccc(C(F)(F)F)nc1-c1ccc(N(C)C)cc1)c1ccc(N)c(F)c1. The molecule has 1 amide bonds. The van der Waals surface area contributed by atoms with E-state index in [2.05, 4.69) is 10.3 Å². The molecular weight excluding hydrogens is 436 g/mol. The minimum absolute atomic E-state index is 0.0212. The summed E-state index contributed by atoms with van der Waals surface area (Å²) < 4.78 is 53.6. The van der Waals surface area contributed by atoms with Gasteiger partial charge in [-0.2, -0.15) is 13.2 Å². The smallest absolute Gasteiger partial charge is 0.396 e. The van der Waals surface area contributed by atoms with Crippen LogP contribution in [0.2, 0.25) is 0 Å². The quantitative estimate of drug-likeness (QED) is 0.402. The van der Waals surface area contributed by atoms with Crippen LogP contribution < -0.4 is 16.0 Å². The lowest BCUT2D eigenvalue weighted by molar-refractivity contribution is -0.141. The lowest BCUT2D eigenvalue weighted by atomic mass is 9.99. The number of nitrogens with one attached hydrogen (secondary N) is 1. The van der Waals surface area contributed by atoms with E-state index in [1.165, 1.54) is 18.2 Å². The first-order chi connectivity index (χ1) is 15.5. The normalized spacial score (nSPS) is 12.3. The van der Waals surface area contributed by atoms with Crippen molar-refractivity contribution in [1.29, 1.82) is 0 Å². The number of aromatic nitrogens is 1. The summed E-state index contributed by atoms with van der Waals surface area (Å²) in [7, 11) is 3.71. The zero-order valence-corrected chi connectivity index (χ0v) is 18.4. The molecule has 5 nitrogen and oxygen atoms in total. The highest BCUT2D eigenvalue weighted by molar-refractivity contribution is 5.83. The summed E-state index contributed by atoms with van der Waals surface area (Å²) in [5, 5.41) is 2.71. The first kappa shape index (κ1) is 24.0. The Morgan fingerprint density at radius 3 is 2.33 bits per heavy atom. The van der Waals surface area contributed by atoms with Gasteiger partial charge in [-0.25, -0.2) is 9.37 Å². The number of nitrogens with two attached hydrogens (primary N) is 1. The molecule has 0 aliphatic rings. The van der Waals surface area contributed by atoms with E-state index >= 15 is 0 Å². The van der Waals surface area contributed by atoms with Crippen molar-refractivity contribution in [3.8, 4) is 11.3 Å². The largest absolute Gasteiger partial charge is 0.433 e. The van der Waals surface area contributed by atoms with Gasteiger partial charge in [0.05, 0.1) is 17.3 Å². The molecule has 0 aliphatic carbocycles. The van der Waals surface area contributed by atoms with E-state index in [1.807, 2.05) is 19.0 Å². The molecule has 0 radical (unpaired) electrons. The third-order valence-corrected chi connectivity index (χ3v) is 5.30. The molecule has 3 N–H and O–H groups in total. The van der Waals surface area contributed by atoms with Crippen LogP contribution in [0.25, 0.3) is 11.3 Å². The average Bonchev–Trinajstić information content (AvgIpc) is 2.78. The first-order valence-electron chi connectivity index (χ1n) is 10.1. The van der Waals surface area contributed by atoms with Crippen molar-refractivity contribution in [3.05, 3.63) is 77.2 Å². The second-order valence-corrected chi connectivity index (χ2v) is 7.86. The number of carbonyl (C=O) groups excluding carboxylic acids is 1. The fourth-order valence-electron chi connectivity index (χ4n) is 3.26. The summed E-state index contributed by atoms with van der Waals surface area (Å²) in [6.45, 7) is 1.56. The van der Waals surface area contributed by atoms with E-state index in [0.29, 0.717) is 16.7 Å². The van der Waals surface area contributed by atoms with Crippen molar-refractivity contribution in [2.75, 3.05) is 24.7 Å². The molecule has 3 aromatic rings. The van der Waals surface area contributed by atoms with Crippen LogP contribution in [0.5, 0.6) is 0 Å². The second-order valence-electron chi connectivity index (χ2n) is 7.86. The molecule has 1 atom stereocenters. The van der Waals surface area contributed by atoms with Crippen molar-refractivity contribution < 1.29 is 22.4 Å². The molecule has 0 spiro atoms. The lowest BCUT2D eigenvalue weighted by Crippen LogP contribution is -2.28. The second kappa shape index (κ2) is 9.48. The van der Waals surface area contributed by atoms with E-state index in [4.69, 9.17) is 5.73 Å². The van der Waals surface area contributed by atoms with Crippen LogP contribution in [0.15, 0.2) is 54.6 Å². The molecule has 0 aliphatic heterocycles. The van der Waals surface area contributed by atoms with Crippen molar-refractivity contribution in [3.63, 3.8) is 0 Å². The number of hydrogen-bond acceptors (Lipinski definition) is 4. The van der Waals surface area contributed by atoms with E-state index in [-0.39, 0.29) is 17.9 Å². The van der Waals surface area contributed by atoms with E-state index in [9.17, 15) is 22.4 Å². The maximum absolute atomic E-state index is 13.7. The highest BCUT2D eigenvalue weighted by atomic mass is 19.4. The Bertz CT molecular complexity index is 1140. The molecule has 33 heavy (non-hydrogen) atoms. The molecular formula is C24H24F4N4O. The number of nitrogen functional groups attached to an aromatic ring is 1. The van der Waals surface area contributed by atoms with Crippen LogP contribution in [-0.4, -0.2) is 25.0 Å². The number of nitrogens with zero attached hydrogens (tertiary/aromatic N) is 2. The van der Waals surface area contributed by atoms with Gasteiger partial charge in [-0.15, -0.1) is 0 Å². The Balaban J connectivity index is 1.87. The molecule has 1 aromatic heterocycles. The molecule has 1 unspecified atom stereocenters. The Kier molecular flexibility index (Phi) is 6.90. The predicted octanol–water partition coefficient (Wildman–Crippen LogP) is 4.97. The van der Waals surface area contributed by atoms with Crippen LogP contribution in [-0.2, 0) is 17.5 Å². The van der Waals surface area contributed by atoms with Gasteiger partial charge in [0.1, 0.15) is 11.5 Å². The molecule has 0 saturated heterocycles. The third kappa shape index (κ3) is 5.60. The number of hydrogen-bond donors (Lipinski definition) is 2. The number of carbonyl (C=O) groups is 1. The Morgan fingerprint density at radius 2 is 1.76 bits per heavy atom. The van der Waals surface area contributed by atoms with Gasteiger partial charge >= 0.3 is 6.18 Å². The van der Waals surface area contributed by atoms with E-state index in [1.54, 1.807) is 37.3 Å². The molecule has 1 heterocycles. The highest BCUT2D eigenvalue weighted by Crippen LogP contribution is 2.32. The molecule has 3 rings (SSSR count). The van der Waals surface area contributed by atoms with Crippen molar-refractivity contribution >= 4 is 17.3 Å². The van der Waals surface area contributed by atoms with Crippen molar-refractivity contribution in [2.45, 2.75) is 25.6 Å². The number of rotatable bonds is 6. The maximum atomic E-state index is 13.7. The number of halogens is 4. The predicted molar refractivity (Wildman–Crippen MR) is 120 cm³/mol. The fourth-order valence-corrected chi connectivity index (χ4v) is 3.26. The number of alkyl halides is 3. The Labute approximate surface area is 189 Å². The molecule has 0 bridgehead atoms. The van der Waals surface area contributed by atoms with Gasteiger partial charge in [0.25, 0.3) is 0 Å². The first-order valence-corrected chi connectivity index (χ1v) is 10.1. The van der Waals surface area contributed by atoms with Crippen LogP contribution in [0.3, 0.4) is 0 Å². The van der Waals surface area contributed by atoms with Gasteiger partial charge in [-0.1, -0.05) is 24.3 Å². The minimum atomic E-state index is -4.60. The lowest BCUT2D eigenvalue weighted by Gasteiger charge is -2.17. The minimum Gasteiger partial charge on any atom is -0.396 e. The maximum Gasteiger partial charge on any atom is 0.433 e. The van der Waals surface area contributed by atoms with E-state index < -0.39 is 29.5 Å². The van der Waals surface area contributed by atoms with Crippen LogP contribution in [0.4, 0.5) is 28.9 Å². The van der Waals surface area contributed by atoms with Crippen LogP contribution in [0, 0.1) is 5.82 Å². The highest BCUT2D eigenvalue weighted by Gasteiger charge is 2.33. The van der Waals surface area contributed by atoms with Crippen LogP contribution >= 0.6 is 0 Å². The number of benzene rings is 2. The van der Waals surface area contributed by atoms with Crippen molar-refractivity contribution in [1.82, 2.24) is 10.3 Å². The standard InChI is InChI=1S/C24H24F4N4O/c1-14(16-6-10-20(29)19(25)12-16)23(33)30-13-17-7-11-21(24(26,27)28)31-22(17)15-4-8-18(9-5-15)32(2)3/h4-12,14H,13,29H2,1-3H3,(H,30,33). The van der Waals surface area contributed by atoms with E-state index in [0.717, 1.165) is 11.8 Å². The topological polar surface area (TPSA) is 71.2 Å². The summed E-state index contributed by atoms with van der Waals surface area (Å²) in [6, 6.07) is 13.2. The zero-order valence-electron chi connectivity index (χ0n) is 18.4. The van der Waals surface area contributed by atoms with Gasteiger partial charge in [-0.3, -0.25) is 4.79 Å². The number of pyridine rings is 1. The molecule has 2 aromatic carbocycles. The van der Waals surface area contributed by atoms with Crippen LogP contribution in [0.1, 0.15) is 29.7 Å².